The second kappa shape index (κ2) is 14.1. The third-order valence-electron chi connectivity index (χ3n) is 7.67. The summed E-state index contributed by atoms with van der Waals surface area (Å²) in [5.74, 6) is -3.11. The Kier molecular flexibility index (Phi) is 9.72. The predicted octanol–water partition coefficient (Wildman–Crippen LogP) is 4.64. The zero-order valence-corrected chi connectivity index (χ0v) is 27.5. The number of hydrogen-bond donors (Lipinski definition) is 1. The maximum Gasteiger partial charge on any atom is 0.530 e. The molecule has 0 unspecified atom stereocenters. The average Bonchev–Trinajstić information content (AvgIpc) is 3.54. The average molecular weight is 694 g/mol. The summed E-state index contributed by atoms with van der Waals surface area (Å²) in [4.78, 5) is 50.5. The van der Waals surface area contributed by atoms with E-state index in [1.807, 2.05) is 12.1 Å². The third-order valence-corrected chi connectivity index (χ3v) is 8.97. The molecule has 0 bridgehead atoms. The molecular weight excluding hydrogens is 661 g/mol. The molecule has 0 spiro atoms. The van der Waals surface area contributed by atoms with Crippen molar-refractivity contribution >= 4 is 37.2 Å². The van der Waals surface area contributed by atoms with Crippen molar-refractivity contribution in [1.82, 2.24) is 5.32 Å². The molecule has 0 fully saturated rings. The van der Waals surface area contributed by atoms with Crippen molar-refractivity contribution in [2.45, 2.75) is 58.3 Å². The van der Waals surface area contributed by atoms with Crippen LogP contribution in [0.3, 0.4) is 0 Å². The number of hydrogen-bond acceptors (Lipinski definition) is 13. The van der Waals surface area contributed by atoms with E-state index in [0.717, 1.165) is 13.8 Å². The molecule has 49 heavy (non-hydrogen) atoms. The van der Waals surface area contributed by atoms with Gasteiger partial charge in [0.2, 0.25) is 12.5 Å². The smallest absolute Gasteiger partial charge is 0.456 e. The fourth-order valence-corrected chi connectivity index (χ4v) is 6.91. The Labute approximate surface area is 280 Å². The first-order valence-electron chi connectivity index (χ1n) is 15.2. The normalized spacial score (nSPS) is 20.6. The highest BCUT2D eigenvalue weighted by atomic mass is 31.2. The summed E-state index contributed by atoms with van der Waals surface area (Å²) < 4.78 is 60.0. The molecule has 0 radical (unpaired) electrons. The number of phosphoric acid groups is 1. The molecule has 0 saturated heterocycles. The number of benzene rings is 3. The van der Waals surface area contributed by atoms with Crippen molar-refractivity contribution in [1.29, 1.82) is 0 Å². The van der Waals surface area contributed by atoms with E-state index in [1.54, 1.807) is 48.5 Å². The number of rotatable bonds is 11. The molecule has 6 rings (SSSR count). The molecule has 0 aromatic heterocycles. The van der Waals surface area contributed by atoms with Gasteiger partial charge in [-0.1, -0.05) is 60.7 Å². The molecule has 3 aliphatic rings. The first kappa shape index (κ1) is 33.7. The molecule has 1 N–H and O–H groups in total. The largest absolute Gasteiger partial charge is 0.530 e. The van der Waals surface area contributed by atoms with E-state index in [9.17, 15) is 23.7 Å². The molecule has 2 heterocycles. The van der Waals surface area contributed by atoms with Gasteiger partial charge in [-0.15, -0.1) is 0 Å². The molecule has 1 aliphatic carbocycles. The van der Waals surface area contributed by atoms with Crippen LogP contribution >= 0.6 is 7.82 Å². The number of nitrogens with one attached hydrogen (secondary N) is 1. The van der Waals surface area contributed by atoms with Gasteiger partial charge in [0, 0.05) is 26.3 Å². The number of amides is 1. The van der Waals surface area contributed by atoms with Crippen LogP contribution in [-0.2, 0) is 55.4 Å². The van der Waals surface area contributed by atoms with E-state index >= 15 is 0 Å². The Bertz CT molecular complexity index is 1800. The highest BCUT2D eigenvalue weighted by molar-refractivity contribution is 7.48. The van der Waals surface area contributed by atoms with Crippen molar-refractivity contribution < 1.29 is 61.0 Å². The fourth-order valence-electron chi connectivity index (χ4n) is 5.71. The number of ether oxygens (including phenoxy) is 5. The van der Waals surface area contributed by atoms with Gasteiger partial charge in [-0.05, 0) is 28.8 Å². The number of carbonyl (C=O) groups is 4. The molecule has 3 aromatic rings. The van der Waals surface area contributed by atoms with Crippen molar-refractivity contribution in [3.05, 3.63) is 95.1 Å². The lowest BCUT2D eigenvalue weighted by molar-refractivity contribution is -0.181. The van der Waals surface area contributed by atoms with Gasteiger partial charge in [0.25, 0.3) is 5.91 Å². The Morgan fingerprint density at radius 2 is 1.39 bits per heavy atom. The number of esters is 3. The van der Waals surface area contributed by atoms with E-state index in [2.05, 4.69) is 5.32 Å². The molecular formula is C34H32NO13P. The molecule has 1 amide bonds. The van der Waals surface area contributed by atoms with Crippen molar-refractivity contribution in [2.75, 3.05) is 6.79 Å². The van der Waals surface area contributed by atoms with Crippen LogP contribution in [0.2, 0.25) is 0 Å². The first-order chi connectivity index (χ1) is 23.5. The summed E-state index contributed by atoms with van der Waals surface area (Å²) in [7, 11) is -4.53. The molecule has 14 nitrogen and oxygen atoms in total. The molecule has 3 aromatic carbocycles. The molecule has 4 atom stereocenters. The Balaban J connectivity index is 1.45. The second-order valence-electron chi connectivity index (χ2n) is 11.2. The topological polar surface area (TPSA) is 171 Å². The van der Waals surface area contributed by atoms with Crippen molar-refractivity contribution in [2.24, 2.45) is 0 Å². The van der Waals surface area contributed by atoms with Gasteiger partial charge in [-0.3, -0.25) is 28.2 Å². The summed E-state index contributed by atoms with van der Waals surface area (Å²) in [6.45, 7) is 2.89. The zero-order chi connectivity index (χ0) is 34.7. The lowest BCUT2D eigenvalue weighted by Gasteiger charge is -2.42. The predicted molar refractivity (Wildman–Crippen MR) is 169 cm³/mol. The van der Waals surface area contributed by atoms with Crippen molar-refractivity contribution in [3.8, 4) is 17.2 Å². The Hall–Kier alpha value is -5.17. The van der Waals surface area contributed by atoms with Gasteiger partial charge < -0.3 is 33.5 Å². The second-order valence-corrected chi connectivity index (χ2v) is 12.8. The van der Waals surface area contributed by atoms with Crippen LogP contribution in [0.4, 0.5) is 0 Å². The van der Waals surface area contributed by atoms with Gasteiger partial charge in [-0.25, -0.2) is 4.57 Å². The lowest BCUT2D eigenvalue weighted by atomic mass is 9.79. The lowest BCUT2D eigenvalue weighted by Crippen LogP contribution is -2.60. The van der Waals surface area contributed by atoms with Crippen LogP contribution in [0.5, 0.6) is 17.2 Å². The minimum atomic E-state index is -4.53. The van der Waals surface area contributed by atoms with Gasteiger partial charge in [0.15, 0.2) is 29.8 Å². The molecule has 0 saturated carbocycles. The number of fused-ring (bicyclic) bond motifs is 4. The maximum atomic E-state index is 14.4. The Morgan fingerprint density at radius 3 is 1.96 bits per heavy atom. The molecule has 2 aliphatic heterocycles. The van der Waals surface area contributed by atoms with Gasteiger partial charge in [-0.2, -0.15) is 0 Å². The summed E-state index contributed by atoms with van der Waals surface area (Å²) >= 11 is 0. The van der Waals surface area contributed by atoms with E-state index in [-0.39, 0.29) is 48.4 Å². The first-order valence-corrected chi connectivity index (χ1v) is 16.6. The van der Waals surface area contributed by atoms with E-state index in [0.29, 0.717) is 16.7 Å². The standard InChI is InChI=1S/C34H32NO13P/c1-19(36)45-27-15-25-24-14-26-30(42-18-41-26)32(28(24)34(39)35-29(25)33(47-21(3)38)31(27)46-20(2)37)48-49(40,43-16-22-10-6-4-7-11-22)44-17-23-12-8-5-9-13-23/h4-15,27,29,31,33H,16-18H2,1-3H3,(H,35,39)/t27-,29+,31+,33-/m0/s1. The Morgan fingerprint density at radius 1 is 0.816 bits per heavy atom. The summed E-state index contributed by atoms with van der Waals surface area (Å²) in [6, 6.07) is 18.3. The van der Waals surface area contributed by atoms with Crippen LogP contribution < -0.4 is 19.3 Å². The van der Waals surface area contributed by atoms with Crippen LogP contribution in [0.25, 0.3) is 5.57 Å². The minimum Gasteiger partial charge on any atom is -0.456 e. The van der Waals surface area contributed by atoms with Crippen LogP contribution in [0.1, 0.15) is 47.8 Å². The van der Waals surface area contributed by atoms with Gasteiger partial charge in [0.1, 0.15) is 0 Å². The quantitative estimate of drug-likeness (QED) is 0.168. The molecule has 15 heteroatoms. The van der Waals surface area contributed by atoms with E-state index in [4.69, 9.17) is 37.3 Å². The summed E-state index contributed by atoms with van der Waals surface area (Å²) in [5, 5.41) is 2.78. The summed E-state index contributed by atoms with van der Waals surface area (Å²) in [5.41, 5.74) is 1.73. The minimum absolute atomic E-state index is 0.0264. The number of carbonyl (C=O) groups excluding carboxylic acids is 4. The van der Waals surface area contributed by atoms with Crippen LogP contribution in [-0.4, -0.2) is 55.0 Å². The van der Waals surface area contributed by atoms with Crippen molar-refractivity contribution in [3.63, 3.8) is 0 Å². The SMILES string of the molecule is CC(=O)O[C@@H]1[C@H](OC(C)=O)[C@@H](OC(C)=O)C=C2c3cc4c(c(OP(=O)(OCc5ccccc5)OCc5ccccc5)c3C(=O)N[C@H]21)OCO4. The van der Waals surface area contributed by atoms with Crippen LogP contribution in [0, 0.1) is 0 Å². The highest BCUT2D eigenvalue weighted by Crippen LogP contribution is 2.58. The fraction of sp³-hybridized carbons (Fsp3) is 0.294. The van der Waals surface area contributed by atoms with Gasteiger partial charge >= 0.3 is 25.7 Å². The molecule has 256 valence electrons. The highest BCUT2D eigenvalue weighted by Gasteiger charge is 2.51. The van der Waals surface area contributed by atoms with E-state index < -0.39 is 56.0 Å². The van der Waals surface area contributed by atoms with Gasteiger partial charge in [0.05, 0.1) is 24.8 Å². The summed E-state index contributed by atoms with van der Waals surface area (Å²) in [6.07, 6.45) is -2.37. The monoisotopic (exact) mass is 693 g/mol. The number of phosphoric ester groups is 1. The third kappa shape index (κ3) is 7.46. The zero-order valence-electron chi connectivity index (χ0n) is 26.6. The maximum absolute atomic E-state index is 14.4. The van der Waals surface area contributed by atoms with E-state index in [1.165, 1.54) is 19.1 Å². The van der Waals surface area contributed by atoms with Crippen LogP contribution in [0.15, 0.2) is 72.8 Å².